The molecule has 2 heterocycles. The van der Waals surface area contributed by atoms with Gasteiger partial charge in [0.15, 0.2) is 0 Å². The first-order chi connectivity index (χ1) is 11.6. The molecule has 1 aromatic carbocycles. The van der Waals surface area contributed by atoms with Crippen LogP contribution in [0.3, 0.4) is 0 Å². The van der Waals surface area contributed by atoms with Gasteiger partial charge in [-0.15, -0.1) is 0 Å². The smallest absolute Gasteiger partial charge is 0.306 e. The van der Waals surface area contributed by atoms with Crippen LogP contribution in [0.1, 0.15) is 11.1 Å². The van der Waals surface area contributed by atoms with Gasteiger partial charge in [0.2, 0.25) is 0 Å². The van der Waals surface area contributed by atoms with E-state index in [1.807, 2.05) is 31.3 Å². The van der Waals surface area contributed by atoms with Gasteiger partial charge in [-0.3, -0.25) is 14.7 Å². The van der Waals surface area contributed by atoms with Gasteiger partial charge in [-0.2, -0.15) is 0 Å². The Kier molecular flexibility index (Phi) is 4.57. The van der Waals surface area contributed by atoms with Crippen molar-refractivity contribution in [3.05, 3.63) is 74.9 Å². The second-order valence-electron chi connectivity index (χ2n) is 5.20. The molecule has 0 atom stereocenters. The van der Waals surface area contributed by atoms with Crippen LogP contribution in [-0.2, 0) is 6.54 Å². The van der Waals surface area contributed by atoms with Crippen LogP contribution >= 0.6 is 15.9 Å². The Morgan fingerprint density at radius 2 is 2.17 bits per heavy atom. The Hall–Kier alpha value is -2.74. The number of nitrogens with one attached hydrogen (secondary N) is 1. The highest BCUT2D eigenvalue weighted by Crippen LogP contribution is 2.35. The molecule has 3 rings (SSSR count). The lowest BCUT2D eigenvalue weighted by Gasteiger charge is -2.10. The van der Waals surface area contributed by atoms with Crippen molar-refractivity contribution in [3.8, 4) is 5.82 Å². The van der Waals surface area contributed by atoms with Crippen molar-refractivity contribution in [3.63, 3.8) is 0 Å². The molecule has 0 aliphatic carbocycles. The molecule has 0 aliphatic rings. The van der Waals surface area contributed by atoms with Gasteiger partial charge in [0.05, 0.1) is 4.92 Å². The molecule has 0 amide bonds. The lowest BCUT2D eigenvalue weighted by molar-refractivity contribution is -0.384. The maximum Gasteiger partial charge on any atom is 0.306 e. The minimum atomic E-state index is -0.386. The predicted octanol–water partition coefficient (Wildman–Crippen LogP) is 3.86. The Balaban J connectivity index is 1.83. The third kappa shape index (κ3) is 3.28. The topological polar surface area (TPSA) is 85.9 Å². The number of anilines is 1. The standard InChI is InChI=1S/C16H14BrN5O2/c1-11-2-3-13(16(15(11)17)22(23)24)20-9-12-4-5-19-14(8-12)21-7-6-18-10-21/h2-8,10,20H,9H2,1H3. The maximum absolute atomic E-state index is 11.3. The molecule has 0 fully saturated rings. The van der Waals surface area contributed by atoms with Gasteiger partial charge in [0.1, 0.15) is 22.3 Å². The van der Waals surface area contributed by atoms with Crippen LogP contribution in [0.2, 0.25) is 0 Å². The van der Waals surface area contributed by atoms with Crippen LogP contribution in [0.15, 0.2) is 53.7 Å². The summed E-state index contributed by atoms with van der Waals surface area (Å²) in [6.45, 7) is 2.27. The number of aryl methyl sites for hydroxylation is 1. The largest absolute Gasteiger partial charge is 0.375 e. The Bertz CT molecular complexity index is 880. The zero-order valence-corrected chi connectivity index (χ0v) is 14.4. The van der Waals surface area contributed by atoms with Crippen molar-refractivity contribution in [1.29, 1.82) is 0 Å². The van der Waals surface area contributed by atoms with E-state index in [2.05, 4.69) is 31.2 Å². The normalized spacial score (nSPS) is 10.6. The van der Waals surface area contributed by atoms with Gasteiger partial charge in [0.25, 0.3) is 0 Å². The molecule has 2 aromatic heterocycles. The monoisotopic (exact) mass is 387 g/mol. The highest BCUT2D eigenvalue weighted by Gasteiger charge is 2.19. The maximum atomic E-state index is 11.3. The summed E-state index contributed by atoms with van der Waals surface area (Å²) in [4.78, 5) is 19.2. The molecule has 8 heteroatoms. The lowest BCUT2D eigenvalue weighted by atomic mass is 10.2. The van der Waals surface area contributed by atoms with Crippen LogP contribution in [0.25, 0.3) is 5.82 Å². The molecule has 0 aliphatic heterocycles. The molecule has 0 bridgehead atoms. The summed E-state index contributed by atoms with van der Waals surface area (Å²) >= 11 is 3.29. The van der Waals surface area contributed by atoms with Crippen LogP contribution in [0.5, 0.6) is 0 Å². The van der Waals surface area contributed by atoms with Crippen molar-refractivity contribution < 1.29 is 4.92 Å². The summed E-state index contributed by atoms with van der Waals surface area (Å²) in [5.41, 5.74) is 2.29. The van der Waals surface area contributed by atoms with Crippen molar-refractivity contribution in [1.82, 2.24) is 14.5 Å². The number of pyridine rings is 1. The number of nitrogens with zero attached hydrogens (tertiary/aromatic N) is 4. The van der Waals surface area contributed by atoms with E-state index >= 15 is 0 Å². The number of nitro benzene ring substituents is 1. The van der Waals surface area contributed by atoms with E-state index in [0.717, 1.165) is 16.9 Å². The molecule has 24 heavy (non-hydrogen) atoms. The molecule has 122 valence electrons. The summed E-state index contributed by atoms with van der Waals surface area (Å²) in [6.07, 6.45) is 6.86. The van der Waals surface area contributed by atoms with E-state index in [0.29, 0.717) is 16.7 Å². The molecule has 3 aromatic rings. The van der Waals surface area contributed by atoms with Crippen LogP contribution in [-0.4, -0.2) is 19.5 Å². The first kappa shape index (κ1) is 16.1. The van der Waals surface area contributed by atoms with E-state index in [4.69, 9.17) is 0 Å². The van der Waals surface area contributed by atoms with Gasteiger partial charge < -0.3 is 5.32 Å². The second-order valence-corrected chi connectivity index (χ2v) is 5.99. The Labute approximate surface area is 146 Å². The number of rotatable bonds is 5. The van der Waals surface area contributed by atoms with Crippen LogP contribution in [0.4, 0.5) is 11.4 Å². The van der Waals surface area contributed by atoms with Gasteiger partial charge in [-0.05, 0) is 52.2 Å². The number of aromatic nitrogens is 3. The molecule has 0 saturated carbocycles. The average molecular weight is 388 g/mol. The third-order valence-corrected chi connectivity index (χ3v) is 4.55. The molecule has 1 N–H and O–H groups in total. The molecule has 0 radical (unpaired) electrons. The fourth-order valence-corrected chi connectivity index (χ4v) is 2.78. The first-order valence-corrected chi connectivity index (χ1v) is 7.96. The van der Waals surface area contributed by atoms with Crippen LogP contribution in [0, 0.1) is 17.0 Å². The Morgan fingerprint density at radius 1 is 1.33 bits per heavy atom. The molecular weight excluding hydrogens is 374 g/mol. The van der Waals surface area contributed by atoms with Crippen molar-refractivity contribution in [2.75, 3.05) is 5.32 Å². The van der Waals surface area contributed by atoms with E-state index in [1.165, 1.54) is 0 Å². The number of hydrogen-bond donors (Lipinski definition) is 1. The number of imidazole rings is 1. The molecule has 0 spiro atoms. The van der Waals surface area contributed by atoms with Crippen molar-refractivity contribution in [2.45, 2.75) is 13.5 Å². The summed E-state index contributed by atoms with van der Waals surface area (Å²) in [5, 5.41) is 14.5. The molecule has 0 unspecified atom stereocenters. The summed E-state index contributed by atoms with van der Waals surface area (Å²) in [5.74, 6) is 0.742. The Morgan fingerprint density at radius 3 is 2.88 bits per heavy atom. The molecule has 7 nitrogen and oxygen atoms in total. The minimum absolute atomic E-state index is 0.0406. The van der Waals surface area contributed by atoms with Gasteiger partial charge >= 0.3 is 5.69 Å². The number of benzene rings is 1. The molecule has 0 saturated heterocycles. The summed E-state index contributed by atoms with van der Waals surface area (Å²) in [7, 11) is 0. The number of halogens is 1. The quantitative estimate of drug-likeness (QED) is 0.530. The molecular formula is C16H14BrN5O2. The summed E-state index contributed by atoms with van der Waals surface area (Å²) < 4.78 is 2.29. The van der Waals surface area contributed by atoms with Crippen LogP contribution < -0.4 is 5.32 Å². The van der Waals surface area contributed by atoms with Crippen molar-refractivity contribution in [2.24, 2.45) is 0 Å². The number of nitro groups is 1. The van der Waals surface area contributed by atoms with Gasteiger partial charge in [-0.1, -0.05) is 6.07 Å². The fraction of sp³-hybridized carbons (Fsp3) is 0.125. The van der Waals surface area contributed by atoms with E-state index < -0.39 is 0 Å². The van der Waals surface area contributed by atoms with E-state index in [-0.39, 0.29) is 10.6 Å². The SMILES string of the molecule is Cc1ccc(NCc2ccnc(-n3ccnc3)c2)c([N+](=O)[O-])c1Br. The first-order valence-electron chi connectivity index (χ1n) is 7.17. The minimum Gasteiger partial charge on any atom is -0.375 e. The average Bonchev–Trinajstić information content (AvgIpc) is 3.10. The third-order valence-electron chi connectivity index (χ3n) is 3.55. The van der Waals surface area contributed by atoms with E-state index in [9.17, 15) is 10.1 Å². The van der Waals surface area contributed by atoms with E-state index in [1.54, 1.807) is 29.4 Å². The van der Waals surface area contributed by atoms with Gasteiger partial charge in [-0.25, -0.2) is 9.97 Å². The zero-order valence-electron chi connectivity index (χ0n) is 12.8. The lowest BCUT2D eigenvalue weighted by Crippen LogP contribution is -2.05. The highest BCUT2D eigenvalue weighted by atomic mass is 79.9. The summed E-state index contributed by atoms with van der Waals surface area (Å²) in [6, 6.07) is 7.32. The second kappa shape index (κ2) is 6.79. The van der Waals surface area contributed by atoms with Crippen molar-refractivity contribution >= 4 is 27.3 Å². The zero-order chi connectivity index (χ0) is 17.1. The number of hydrogen-bond acceptors (Lipinski definition) is 5. The fourth-order valence-electron chi connectivity index (χ4n) is 2.29. The highest BCUT2D eigenvalue weighted by molar-refractivity contribution is 9.10. The predicted molar refractivity (Wildman–Crippen MR) is 94.2 cm³/mol. The van der Waals surface area contributed by atoms with Gasteiger partial charge in [0, 0.05) is 25.1 Å².